The SMILES string of the molecule is CNc1ccc(C(N)=O)cc1OC. The number of amides is 1. The van der Waals surface area contributed by atoms with E-state index < -0.39 is 5.91 Å². The van der Waals surface area contributed by atoms with Crippen molar-refractivity contribution >= 4 is 11.6 Å². The van der Waals surface area contributed by atoms with Crippen molar-refractivity contribution in [2.75, 3.05) is 19.5 Å². The van der Waals surface area contributed by atoms with Gasteiger partial charge < -0.3 is 15.8 Å². The van der Waals surface area contributed by atoms with E-state index in [-0.39, 0.29) is 0 Å². The lowest BCUT2D eigenvalue weighted by Crippen LogP contribution is -2.11. The van der Waals surface area contributed by atoms with E-state index in [4.69, 9.17) is 10.5 Å². The van der Waals surface area contributed by atoms with Gasteiger partial charge in [-0.05, 0) is 18.2 Å². The summed E-state index contributed by atoms with van der Waals surface area (Å²) in [4.78, 5) is 10.8. The fourth-order valence-electron chi connectivity index (χ4n) is 1.05. The molecule has 4 nitrogen and oxygen atoms in total. The van der Waals surface area contributed by atoms with Gasteiger partial charge in [-0.2, -0.15) is 0 Å². The number of primary amides is 1. The molecule has 4 heteroatoms. The van der Waals surface area contributed by atoms with Crippen LogP contribution < -0.4 is 15.8 Å². The van der Waals surface area contributed by atoms with Gasteiger partial charge in [0.1, 0.15) is 5.75 Å². The Labute approximate surface area is 76.7 Å². The van der Waals surface area contributed by atoms with Crippen LogP contribution in [0.4, 0.5) is 5.69 Å². The predicted octanol–water partition coefficient (Wildman–Crippen LogP) is 0.836. The molecule has 1 aromatic carbocycles. The van der Waals surface area contributed by atoms with Crippen molar-refractivity contribution in [2.24, 2.45) is 5.73 Å². The van der Waals surface area contributed by atoms with E-state index in [2.05, 4.69) is 5.32 Å². The molecule has 0 unspecified atom stereocenters. The zero-order valence-corrected chi connectivity index (χ0v) is 7.63. The first-order chi connectivity index (χ1) is 6.19. The van der Waals surface area contributed by atoms with Gasteiger partial charge in [-0.1, -0.05) is 0 Å². The van der Waals surface area contributed by atoms with Gasteiger partial charge in [-0.25, -0.2) is 0 Å². The van der Waals surface area contributed by atoms with Crippen LogP contribution in [-0.2, 0) is 0 Å². The molecule has 1 rings (SSSR count). The Morgan fingerprint density at radius 3 is 2.69 bits per heavy atom. The second kappa shape index (κ2) is 3.80. The molecule has 0 aliphatic heterocycles. The summed E-state index contributed by atoms with van der Waals surface area (Å²) in [6.45, 7) is 0. The molecular weight excluding hydrogens is 168 g/mol. The highest BCUT2D eigenvalue weighted by Crippen LogP contribution is 2.24. The van der Waals surface area contributed by atoms with Crippen LogP contribution in [0.3, 0.4) is 0 Å². The molecule has 0 aliphatic carbocycles. The minimum Gasteiger partial charge on any atom is -0.495 e. The topological polar surface area (TPSA) is 64.3 Å². The van der Waals surface area contributed by atoms with E-state index in [0.29, 0.717) is 11.3 Å². The molecule has 0 saturated carbocycles. The summed E-state index contributed by atoms with van der Waals surface area (Å²) in [5.74, 6) is 0.153. The summed E-state index contributed by atoms with van der Waals surface area (Å²) in [6.07, 6.45) is 0. The van der Waals surface area contributed by atoms with Crippen LogP contribution in [0.5, 0.6) is 5.75 Å². The number of nitrogens with two attached hydrogens (primary N) is 1. The molecule has 1 aromatic rings. The molecule has 70 valence electrons. The number of nitrogens with one attached hydrogen (secondary N) is 1. The zero-order chi connectivity index (χ0) is 9.84. The summed E-state index contributed by atoms with van der Waals surface area (Å²) in [5.41, 5.74) is 6.38. The molecule has 0 fully saturated rings. The Hall–Kier alpha value is -1.71. The van der Waals surface area contributed by atoms with Gasteiger partial charge in [0, 0.05) is 12.6 Å². The average molecular weight is 180 g/mol. The number of hydrogen-bond acceptors (Lipinski definition) is 3. The second-order valence-corrected chi connectivity index (χ2v) is 2.53. The lowest BCUT2D eigenvalue weighted by molar-refractivity contribution is 0.1000. The number of carbonyl (C=O) groups excluding carboxylic acids is 1. The van der Waals surface area contributed by atoms with Gasteiger partial charge in [-0.3, -0.25) is 4.79 Å². The maximum Gasteiger partial charge on any atom is 0.248 e. The third kappa shape index (κ3) is 1.90. The minimum absolute atomic E-state index is 0.441. The Morgan fingerprint density at radius 2 is 2.23 bits per heavy atom. The van der Waals surface area contributed by atoms with E-state index in [0.717, 1.165) is 5.69 Å². The molecule has 0 aromatic heterocycles. The third-order valence-electron chi connectivity index (χ3n) is 1.76. The minimum atomic E-state index is -0.457. The summed E-state index contributed by atoms with van der Waals surface area (Å²) in [5, 5.41) is 2.94. The number of benzene rings is 1. The molecule has 3 N–H and O–H groups in total. The molecule has 0 spiro atoms. The Bertz CT molecular complexity index is 323. The van der Waals surface area contributed by atoms with Gasteiger partial charge in [0.05, 0.1) is 12.8 Å². The number of hydrogen-bond donors (Lipinski definition) is 2. The Kier molecular flexibility index (Phi) is 2.74. The van der Waals surface area contributed by atoms with Crippen molar-refractivity contribution in [1.29, 1.82) is 0 Å². The number of ether oxygens (including phenoxy) is 1. The van der Waals surface area contributed by atoms with Crippen molar-refractivity contribution in [1.82, 2.24) is 0 Å². The Balaban J connectivity index is 3.13. The Morgan fingerprint density at radius 1 is 1.54 bits per heavy atom. The van der Waals surface area contributed by atoms with Crippen LogP contribution >= 0.6 is 0 Å². The van der Waals surface area contributed by atoms with Gasteiger partial charge in [0.15, 0.2) is 0 Å². The third-order valence-corrected chi connectivity index (χ3v) is 1.76. The standard InChI is InChI=1S/C9H12N2O2/c1-11-7-4-3-6(9(10)12)5-8(7)13-2/h3-5,11H,1-2H3,(H2,10,12). The van der Waals surface area contributed by atoms with Crippen LogP contribution in [0, 0.1) is 0 Å². The van der Waals surface area contributed by atoms with Crippen LogP contribution in [0.25, 0.3) is 0 Å². The molecule has 0 heterocycles. The summed E-state index contributed by atoms with van der Waals surface area (Å²) in [7, 11) is 3.32. The van der Waals surface area contributed by atoms with Gasteiger partial charge in [0.2, 0.25) is 5.91 Å². The normalized spacial score (nSPS) is 9.38. The highest BCUT2D eigenvalue weighted by Gasteiger charge is 2.05. The fraction of sp³-hybridized carbons (Fsp3) is 0.222. The molecule has 0 atom stereocenters. The molecule has 0 aliphatic rings. The molecule has 1 amide bonds. The molecule has 13 heavy (non-hydrogen) atoms. The molecule has 0 radical (unpaired) electrons. The van der Waals surface area contributed by atoms with Crippen LogP contribution in [0.2, 0.25) is 0 Å². The highest BCUT2D eigenvalue weighted by atomic mass is 16.5. The average Bonchev–Trinajstić information content (AvgIpc) is 2.16. The van der Waals surface area contributed by atoms with E-state index in [9.17, 15) is 4.79 Å². The van der Waals surface area contributed by atoms with Gasteiger partial charge >= 0.3 is 0 Å². The van der Waals surface area contributed by atoms with Gasteiger partial charge in [0.25, 0.3) is 0 Å². The smallest absolute Gasteiger partial charge is 0.248 e. The first kappa shape index (κ1) is 9.38. The van der Waals surface area contributed by atoms with Crippen LogP contribution in [0.1, 0.15) is 10.4 Å². The summed E-state index contributed by atoms with van der Waals surface area (Å²) in [6, 6.07) is 5.00. The lowest BCUT2D eigenvalue weighted by Gasteiger charge is -2.08. The van der Waals surface area contributed by atoms with Crippen LogP contribution in [0.15, 0.2) is 18.2 Å². The largest absolute Gasteiger partial charge is 0.495 e. The first-order valence-corrected chi connectivity index (χ1v) is 3.84. The van der Waals surface area contributed by atoms with E-state index in [1.165, 1.54) is 0 Å². The monoisotopic (exact) mass is 180 g/mol. The van der Waals surface area contributed by atoms with E-state index in [1.54, 1.807) is 32.4 Å². The highest BCUT2D eigenvalue weighted by molar-refractivity contribution is 5.93. The summed E-state index contributed by atoms with van der Waals surface area (Å²) < 4.78 is 5.06. The quantitative estimate of drug-likeness (QED) is 0.724. The van der Waals surface area contributed by atoms with E-state index >= 15 is 0 Å². The van der Waals surface area contributed by atoms with Crippen molar-refractivity contribution in [3.63, 3.8) is 0 Å². The number of anilines is 1. The number of methoxy groups -OCH3 is 1. The molecule has 0 bridgehead atoms. The van der Waals surface area contributed by atoms with Gasteiger partial charge in [-0.15, -0.1) is 0 Å². The molecular formula is C9H12N2O2. The number of rotatable bonds is 3. The zero-order valence-electron chi connectivity index (χ0n) is 7.63. The maximum absolute atomic E-state index is 10.8. The van der Waals surface area contributed by atoms with Crippen molar-refractivity contribution in [3.05, 3.63) is 23.8 Å². The lowest BCUT2D eigenvalue weighted by atomic mass is 10.2. The fourth-order valence-corrected chi connectivity index (χ4v) is 1.05. The summed E-state index contributed by atoms with van der Waals surface area (Å²) >= 11 is 0. The second-order valence-electron chi connectivity index (χ2n) is 2.53. The molecule has 0 saturated heterocycles. The maximum atomic E-state index is 10.8. The number of carbonyl (C=O) groups is 1. The van der Waals surface area contributed by atoms with Crippen molar-refractivity contribution in [3.8, 4) is 5.75 Å². The van der Waals surface area contributed by atoms with Crippen LogP contribution in [-0.4, -0.2) is 20.1 Å². The van der Waals surface area contributed by atoms with E-state index in [1.807, 2.05) is 0 Å². The first-order valence-electron chi connectivity index (χ1n) is 3.84. The predicted molar refractivity (Wildman–Crippen MR) is 51.1 cm³/mol. The van der Waals surface area contributed by atoms with Crippen molar-refractivity contribution in [2.45, 2.75) is 0 Å². The van der Waals surface area contributed by atoms with Crippen molar-refractivity contribution < 1.29 is 9.53 Å².